The van der Waals surface area contributed by atoms with Crippen LogP contribution in [0.4, 0.5) is 11.4 Å². The Hall–Kier alpha value is -2.40. The van der Waals surface area contributed by atoms with Crippen molar-refractivity contribution in [1.82, 2.24) is 0 Å². The molecule has 2 N–H and O–H groups in total. The second kappa shape index (κ2) is 7.74. The van der Waals surface area contributed by atoms with Crippen LogP contribution in [0.25, 0.3) is 0 Å². The molecule has 23 heavy (non-hydrogen) atoms. The number of anilines is 2. The minimum Gasteiger partial charge on any atom is -0.495 e. The van der Waals surface area contributed by atoms with Crippen LogP contribution in [-0.2, 0) is 4.79 Å². The Balaban J connectivity index is 1.98. The number of carbonyl (C=O) groups excluding carboxylic acids is 1. The minimum absolute atomic E-state index is 0.115. The Morgan fingerprint density at radius 2 is 1.78 bits per heavy atom. The lowest BCUT2D eigenvalue weighted by Gasteiger charge is -2.12. The molecule has 0 fully saturated rings. The number of rotatable bonds is 6. The van der Waals surface area contributed by atoms with Gasteiger partial charge in [0.25, 0.3) is 0 Å². The molecule has 0 spiro atoms. The van der Waals surface area contributed by atoms with Gasteiger partial charge < -0.3 is 20.1 Å². The van der Waals surface area contributed by atoms with Crippen LogP contribution in [0.15, 0.2) is 36.4 Å². The van der Waals surface area contributed by atoms with Crippen LogP contribution in [0.3, 0.4) is 0 Å². The zero-order chi connectivity index (χ0) is 16.8. The molecule has 1 amide bonds. The fraction of sp³-hybridized carbons (Fsp3) is 0.235. The molecule has 6 heteroatoms. The highest BCUT2D eigenvalue weighted by atomic mass is 35.5. The summed E-state index contributed by atoms with van der Waals surface area (Å²) in [6.07, 6.45) is 0. The highest BCUT2D eigenvalue weighted by Gasteiger charge is 2.08. The summed E-state index contributed by atoms with van der Waals surface area (Å²) in [6.45, 7) is 2.09. The standard InChI is InChI=1S/C17H19ClN2O3/c1-11-4-6-16(23-3)14(8-11)19-10-17(21)20-12-5-7-15(22-2)13(18)9-12/h4-9,19H,10H2,1-3H3,(H,20,21). The summed E-state index contributed by atoms with van der Waals surface area (Å²) < 4.78 is 10.3. The molecule has 0 aliphatic heterocycles. The van der Waals surface area contributed by atoms with E-state index in [-0.39, 0.29) is 12.5 Å². The molecule has 0 aliphatic rings. The van der Waals surface area contributed by atoms with E-state index < -0.39 is 0 Å². The number of amides is 1. The SMILES string of the molecule is COc1ccc(NC(=O)CNc2cc(C)ccc2OC)cc1Cl. The van der Waals surface area contributed by atoms with Crippen molar-refractivity contribution in [2.24, 2.45) is 0 Å². The van der Waals surface area contributed by atoms with Crippen LogP contribution in [0.2, 0.25) is 5.02 Å². The van der Waals surface area contributed by atoms with Crippen LogP contribution < -0.4 is 20.1 Å². The third kappa shape index (κ3) is 4.53. The largest absolute Gasteiger partial charge is 0.495 e. The van der Waals surface area contributed by atoms with E-state index in [0.29, 0.717) is 22.2 Å². The molecule has 0 saturated heterocycles. The van der Waals surface area contributed by atoms with Gasteiger partial charge in [0.15, 0.2) is 0 Å². The van der Waals surface area contributed by atoms with Crippen LogP contribution in [-0.4, -0.2) is 26.7 Å². The monoisotopic (exact) mass is 334 g/mol. The summed E-state index contributed by atoms with van der Waals surface area (Å²) in [4.78, 5) is 12.0. The van der Waals surface area contributed by atoms with Crippen molar-refractivity contribution >= 4 is 28.9 Å². The van der Waals surface area contributed by atoms with Gasteiger partial charge in [0, 0.05) is 5.69 Å². The van der Waals surface area contributed by atoms with Crippen molar-refractivity contribution < 1.29 is 14.3 Å². The normalized spacial score (nSPS) is 10.1. The number of halogens is 1. The number of methoxy groups -OCH3 is 2. The van der Waals surface area contributed by atoms with Crippen molar-refractivity contribution in [3.63, 3.8) is 0 Å². The average Bonchev–Trinajstić information content (AvgIpc) is 2.53. The summed E-state index contributed by atoms with van der Waals surface area (Å²) in [5.74, 6) is 1.07. The molecule has 0 atom stereocenters. The number of benzene rings is 2. The highest BCUT2D eigenvalue weighted by Crippen LogP contribution is 2.27. The van der Waals surface area contributed by atoms with Crippen molar-refractivity contribution in [3.8, 4) is 11.5 Å². The maximum atomic E-state index is 12.0. The van der Waals surface area contributed by atoms with Crippen LogP contribution in [0.5, 0.6) is 11.5 Å². The van der Waals surface area contributed by atoms with Gasteiger partial charge in [-0.05, 0) is 42.8 Å². The first-order chi connectivity index (χ1) is 11.0. The molecule has 0 radical (unpaired) electrons. The highest BCUT2D eigenvalue weighted by molar-refractivity contribution is 6.32. The Bertz CT molecular complexity index is 704. The first-order valence-electron chi connectivity index (χ1n) is 7.05. The summed E-state index contributed by atoms with van der Waals surface area (Å²) in [5.41, 5.74) is 2.46. The summed E-state index contributed by atoms with van der Waals surface area (Å²) >= 11 is 6.03. The van der Waals surface area contributed by atoms with Gasteiger partial charge in [-0.15, -0.1) is 0 Å². The van der Waals surface area contributed by atoms with Gasteiger partial charge in [-0.1, -0.05) is 17.7 Å². The van der Waals surface area contributed by atoms with Crippen molar-refractivity contribution in [2.75, 3.05) is 31.4 Å². The molecule has 0 bridgehead atoms. The topological polar surface area (TPSA) is 59.6 Å². The Morgan fingerprint density at radius 3 is 2.43 bits per heavy atom. The molecule has 0 aliphatic carbocycles. The van der Waals surface area contributed by atoms with Gasteiger partial charge in [0.05, 0.1) is 31.5 Å². The minimum atomic E-state index is -0.185. The smallest absolute Gasteiger partial charge is 0.243 e. The van der Waals surface area contributed by atoms with Gasteiger partial charge in [-0.25, -0.2) is 0 Å². The van der Waals surface area contributed by atoms with Crippen LogP contribution in [0, 0.1) is 6.92 Å². The Kier molecular flexibility index (Phi) is 5.71. The summed E-state index contributed by atoms with van der Waals surface area (Å²) in [7, 11) is 3.13. The molecule has 2 aromatic carbocycles. The lowest BCUT2D eigenvalue weighted by molar-refractivity contribution is -0.114. The number of hydrogen-bond donors (Lipinski definition) is 2. The van der Waals surface area contributed by atoms with Gasteiger partial charge in [0.1, 0.15) is 11.5 Å². The third-order valence-electron chi connectivity index (χ3n) is 3.23. The molecular weight excluding hydrogens is 316 g/mol. The molecule has 2 rings (SSSR count). The van der Waals surface area contributed by atoms with Crippen molar-refractivity contribution in [3.05, 3.63) is 47.0 Å². The van der Waals surface area contributed by atoms with E-state index in [4.69, 9.17) is 21.1 Å². The van der Waals surface area contributed by atoms with E-state index in [9.17, 15) is 4.79 Å². The van der Waals surface area contributed by atoms with E-state index in [1.165, 1.54) is 0 Å². The Labute approximate surface area is 140 Å². The molecule has 5 nitrogen and oxygen atoms in total. The number of ether oxygens (including phenoxy) is 2. The molecule has 0 heterocycles. The lowest BCUT2D eigenvalue weighted by atomic mass is 10.2. The fourth-order valence-electron chi connectivity index (χ4n) is 2.08. The Morgan fingerprint density at radius 1 is 1.09 bits per heavy atom. The lowest BCUT2D eigenvalue weighted by Crippen LogP contribution is -2.22. The molecule has 122 valence electrons. The van der Waals surface area contributed by atoms with Crippen molar-refractivity contribution in [1.29, 1.82) is 0 Å². The van der Waals surface area contributed by atoms with E-state index in [1.807, 2.05) is 25.1 Å². The van der Waals surface area contributed by atoms with E-state index in [1.54, 1.807) is 32.4 Å². The maximum Gasteiger partial charge on any atom is 0.243 e. The van der Waals surface area contributed by atoms with Gasteiger partial charge in [-0.3, -0.25) is 4.79 Å². The molecule has 0 saturated carbocycles. The number of nitrogens with one attached hydrogen (secondary N) is 2. The van der Waals surface area contributed by atoms with Crippen LogP contribution in [0.1, 0.15) is 5.56 Å². The molecule has 2 aromatic rings. The second-order valence-corrected chi connectivity index (χ2v) is 5.36. The number of carbonyl (C=O) groups is 1. The first kappa shape index (κ1) is 17.0. The molecular formula is C17H19ClN2O3. The van der Waals surface area contributed by atoms with Crippen LogP contribution >= 0.6 is 11.6 Å². The van der Waals surface area contributed by atoms with Gasteiger partial charge >= 0.3 is 0 Å². The average molecular weight is 335 g/mol. The predicted molar refractivity (Wildman–Crippen MR) is 92.9 cm³/mol. The zero-order valence-corrected chi connectivity index (χ0v) is 14.0. The maximum absolute atomic E-state index is 12.0. The zero-order valence-electron chi connectivity index (χ0n) is 13.3. The summed E-state index contributed by atoms with van der Waals surface area (Å²) in [5, 5.41) is 6.28. The second-order valence-electron chi connectivity index (χ2n) is 4.95. The van der Waals surface area contributed by atoms with E-state index in [0.717, 1.165) is 11.3 Å². The van der Waals surface area contributed by atoms with Crippen molar-refractivity contribution in [2.45, 2.75) is 6.92 Å². The predicted octanol–water partition coefficient (Wildman–Crippen LogP) is 3.72. The third-order valence-corrected chi connectivity index (χ3v) is 3.53. The van der Waals surface area contributed by atoms with Gasteiger partial charge in [0.2, 0.25) is 5.91 Å². The first-order valence-corrected chi connectivity index (χ1v) is 7.43. The van der Waals surface area contributed by atoms with Gasteiger partial charge in [-0.2, -0.15) is 0 Å². The van der Waals surface area contributed by atoms with E-state index in [2.05, 4.69) is 10.6 Å². The van der Waals surface area contributed by atoms with E-state index >= 15 is 0 Å². The molecule has 0 unspecified atom stereocenters. The molecule has 0 aromatic heterocycles. The fourth-order valence-corrected chi connectivity index (χ4v) is 2.34. The quantitative estimate of drug-likeness (QED) is 0.845. The number of hydrogen-bond acceptors (Lipinski definition) is 4. The number of aryl methyl sites for hydroxylation is 1. The summed E-state index contributed by atoms with van der Waals surface area (Å²) in [6, 6.07) is 10.8.